The van der Waals surface area contributed by atoms with Crippen LogP contribution in [0.5, 0.6) is 11.5 Å². The standard InChI is InChI=1S/C26H26Cl2N2O4/c1-30(2)13-6-14-33-20-10-11-23(22(28)16-20)29-25(31)17-34-24-12-9-19(27)15-21(24)26(32)18-7-4-3-5-8-18/h3-5,7-12,15-16H,6,13-14,17H2,1-2H3,(H,29,31). The highest BCUT2D eigenvalue weighted by atomic mass is 35.5. The Morgan fingerprint density at radius 1 is 0.941 bits per heavy atom. The van der Waals surface area contributed by atoms with Crippen molar-refractivity contribution in [2.45, 2.75) is 6.42 Å². The number of nitrogens with one attached hydrogen (secondary N) is 1. The number of carbonyl (C=O) groups excluding carboxylic acids is 2. The van der Waals surface area contributed by atoms with Gasteiger partial charge in [0.05, 0.1) is 22.9 Å². The van der Waals surface area contributed by atoms with Crippen LogP contribution in [0.1, 0.15) is 22.3 Å². The van der Waals surface area contributed by atoms with Crippen molar-refractivity contribution in [3.63, 3.8) is 0 Å². The first-order chi connectivity index (χ1) is 16.3. The van der Waals surface area contributed by atoms with Crippen molar-refractivity contribution < 1.29 is 19.1 Å². The molecule has 1 amide bonds. The Bertz CT molecular complexity index is 1140. The van der Waals surface area contributed by atoms with E-state index in [0.717, 1.165) is 13.0 Å². The number of hydrogen-bond donors (Lipinski definition) is 1. The minimum atomic E-state index is -0.422. The van der Waals surface area contributed by atoms with Crippen molar-refractivity contribution in [2.75, 3.05) is 39.2 Å². The van der Waals surface area contributed by atoms with E-state index < -0.39 is 5.91 Å². The molecule has 0 bridgehead atoms. The lowest BCUT2D eigenvalue weighted by Gasteiger charge is -2.13. The van der Waals surface area contributed by atoms with Crippen molar-refractivity contribution in [1.29, 1.82) is 0 Å². The number of ether oxygens (including phenoxy) is 2. The second-order valence-corrected chi connectivity index (χ2v) is 8.66. The molecule has 34 heavy (non-hydrogen) atoms. The zero-order chi connectivity index (χ0) is 24.5. The summed E-state index contributed by atoms with van der Waals surface area (Å²) in [7, 11) is 4.01. The molecule has 3 rings (SSSR count). The topological polar surface area (TPSA) is 67.9 Å². The van der Waals surface area contributed by atoms with E-state index in [0.29, 0.717) is 33.7 Å². The molecule has 0 fully saturated rings. The normalized spacial score (nSPS) is 10.7. The molecule has 0 aliphatic rings. The van der Waals surface area contributed by atoms with Crippen LogP contribution >= 0.6 is 23.2 Å². The summed E-state index contributed by atoms with van der Waals surface area (Å²) in [6, 6.07) is 18.6. The number of ketones is 1. The number of halogens is 2. The van der Waals surface area contributed by atoms with E-state index in [2.05, 4.69) is 10.2 Å². The lowest BCUT2D eigenvalue weighted by molar-refractivity contribution is -0.118. The first-order valence-electron chi connectivity index (χ1n) is 10.7. The third kappa shape index (κ3) is 7.48. The number of benzene rings is 3. The first-order valence-corrected chi connectivity index (χ1v) is 11.5. The third-order valence-electron chi connectivity index (χ3n) is 4.81. The molecule has 6 nitrogen and oxygen atoms in total. The Balaban J connectivity index is 1.60. The Morgan fingerprint density at radius 2 is 1.71 bits per heavy atom. The molecule has 8 heteroatoms. The fraction of sp³-hybridized carbons (Fsp3) is 0.231. The lowest BCUT2D eigenvalue weighted by Crippen LogP contribution is -2.21. The van der Waals surface area contributed by atoms with Crippen LogP contribution in [0.25, 0.3) is 0 Å². The maximum Gasteiger partial charge on any atom is 0.262 e. The molecule has 1 N–H and O–H groups in total. The van der Waals surface area contributed by atoms with Gasteiger partial charge >= 0.3 is 0 Å². The zero-order valence-corrected chi connectivity index (χ0v) is 20.5. The molecule has 0 unspecified atom stereocenters. The van der Waals surface area contributed by atoms with Crippen molar-refractivity contribution in [3.8, 4) is 11.5 Å². The lowest BCUT2D eigenvalue weighted by atomic mass is 10.0. The summed E-state index contributed by atoms with van der Waals surface area (Å²) in [4.78, 5) is 27.4. The van der Waals surface area contributed by atoms with Crippen molar-refractivity contribution in [3.05, 3.63) is 87.9 Å². The van der Waals surface area contributed by atoms with Gasteiger partial charge < -0.3 is 19.7 Å². The summed E-state index contributed by atoms with van der Waals surface area (Å²) in [6.07, 6.45) is 0.889. The number of nitrogens with zero attached hydrogens (tertiary/aromatic N) is 1. The number of carbonyl (C=O) groups is 2. The van der Waals surface area contributed by atoms with Crippen LogP contribution in [0.3, 0.4) is 0 Å². The maximum absolute atomic E-state index is 12.9. The van der Waals surface area contributed by atoms with E-state index in [4.69, 9.17) is 32.7 Å². The molecule has 0 spiro atoms. The number of amides is 1. The van der Waals surface area contributed by atoms with Gasteiger partial charge in [-0.25, -0.2) is 0 Å². The van der Waals surface area contributed by atoms with Gasteiger partial charge in [0.25, 0.3) is 5.91 Å². The fourth-order valence-corrected chi connectivity index (χ4v) is 3.53. The molecule has 178 valence electrons. The van der Waals surface area contributed by atoms with Gasteiger partial charge in [-0.3, -0.25) is 9.59 Å². The summed E-state index contributed by atoms with van der Waals surface area (Å²) in [6.45, 7) is 1.18. The van der Waals surface area contributed by atoms with Gasteiger partial charge in [-0.2, -0.15) is 0 Å². The van der Waals surface area contributed by atoms with Crippen molar-refractivity contribution in [2.24, 2.45) is 0 Å². The van der Waals surface area contributed by atoms with Crippen LogP contribution in [-0.4, -0.2) is 50.4 Å². The van der Waals surface area contributed by atoms with Crippen LogP contribution in [-0.2, 0) is 4.79 Å². The average Bonchev–Trinajstić information content (AvgIpc) is 2.82. The van der Waals surface area contributed by atoms with Gasteiger partial charge in [0.15, 0.2) is 12.4 Å². The van der Waals surface area contributed by atoms with E-state index in [1.807, 2.05) is 20.2 Å². The Labute approximate surface area is 209 Å². The maximum atomic E-state index is 12.9. The minimum Gasteiger partial charge on any atom is -0.493 e. The van der Waals surface area contributed by atoms with Crippen molar-refractivity contribution >= 4 is 40.6 Å². The highest BCUT2D eigenvalue weighted by Gasteiger charge is 2.17. The van der Waals surface area contributed by atoms with E-state index in [1.165, 1.54) is 6.07 Å². The van der Waals surface area contributed by atoms with E-state index >= 15 is 0 Å². The highest BCUT2D eigenvalue weighted by Crippen LogP contribution is 2.28. The number of rotatable bonds is 11. The smallest absolute Gasteiger partial charge is 0.262 e. The van der Waals surface area contributed by atoms with Gasteiger partial charge in [0, 0.05) is 23.2 Å². The molecule has 3 aromatic rings. The molecule has 0 aromatic heterocycles. The van der Waals surface area contributed by atoms with Gasteiger partial charge in [-0.15, -0.1) is 0 Å². The molecule has 3 aromatic carbocycles. The van der Waals surface area contributed by atoms with Crippen LogP contribution in [0.15, 0.2) is 66.7 Å². The van der Waals surface area contributed by atoms with E-state index in [9.17, 15) is 9.59 Å². The van der Waals surface area contributed by atoms with Gasteiger partial charge in [-0.05, 0) is 50.8 Å². The second-order valence-electron chi connectivity index (χ2n) is 7.82. The van der Waals surface area contributed by atoms with Gasteiger partial charge in [-0.1, -0.05) is 53.5 Å². The molecular formula is C26H26Cl2N2O4. The van der Waals surface area contributed by atoms with E-state index in [-0.39, 0.29) is 23.7 Å². The molecule has 0 atom stereocenters. The molecule has 0 aliphatic carbocycles. The highest BCUT2D eigenvalue weighted by molar-refractivity contribution is 6.34. The van der Waals surface area contributed by atoms with Crippen LogP contribution < -0.4 is 14.8 Å². The van der Waals surface area contributed by atoms with Crippen LogP contribution in [0.4, 0.5) is 5.69 Å². The predicted octanol–water partition coefficient (Wildman–Crippen LogP) is 5.57. The van der Waals surface area contributed by atoms with Gasteiger partial charge in [0.1, 0.15) is 11.5 Å². The summed E-state index contributed by atoms with van der Waals surface area (Å²) >= 11 is 12.4. The molecular weight excluding hydrogens is 475 g/mol. The van der Waals surface area contributed by atoms with Crippen LogP contribution in [0, 0.1) is 0 Å². The quantitative estimate of drug-likeness (QED) is 0.275. The fourth-order valence-electron chi connectivity index (χ4n) is 3.14. The number of anilines is 1. The predicted molar refractivity (Wildman–Crippen MR) is 136 cm³/mol. The molecule has 0 saturated carbocycles. The third-order valence-corrected chi connectivity index (χ3v) is 5.36. The van der Waals surface area contributed by atoms with Crippen LogP contribution in [0.2, 0.25) is 10.0 Å². The largest absolute Gasteiger partial charge is 0.493 e. The molecule has 0 radical (unpaired) electrons. The van der Waals surface area contributed by atoms with Gasteiger partial charge in [0.2, 0.25) is 0 Å². The van der Waals surface area contributed by atoms with Crippen molar-refractivity contribution in [1.82, 2.24) is 4.90 Å². The van der Waals surface area contributed by atoms with E-state index in [1.54, 1.807) is 54.6 Å². The molecule has 0 aliphatic heterocycles. The summed E-state index contributed by atoms with van der Waals surface area (Å²) in [5.74, 6) is 0.224. The number of hydrogen-bond acceptors (Lipinski definition) is 5. The zero-order valence-electron chi connectivity index (χ0n) is 19.0. The Hall–Kier alpha value is -3.06. The Morgan fingerprint density at radius 3 is 2.41 bits per heavy atom. The average molecular weight is 501 g/mol. The minimum absolute atomic E-state index is 0.247. The monoisotopic (exact) mass is 500 g/mol. The summed E-state index contributed by atoms with van der Waals surface area (Å²) in [5, 5.41) is 3.46. The first kappa shape index (κ1) is 25.6. The molecule has 0 heterocycles. The second kappa shape index (κ2) is 12.4. The summed E-state index contributed by atoms with van der Waals surface area (Å²) in [5.41, 5.74) is 1.21. The summed E-state index contributed by atoms with van der Waals surface area (Å²) < 4.78 is 11.3. The SMILES string of the molecule is CN(C)CCCOc1ccc(NC(=O)COc2ccc(Cl)cc2C(=O)c2ccccc2)c(Cl)c1. The molecule has 0 saturated heterocycles. The Kier molecular flexibility index (Phi) is 9.33.